The number of carbonyl (C=O) groups excluding carboxylic acids is 1. The van der Waals surface area contributed by atoms with Crippen molar-refractivity contribution >= 4 is 33.3 Å². The molecular weight excluding hydrogens is 452 g/mol. The number of hydrogen-bond acceptors (Lipinski definition) is 5. The van der Waals surface area contributed by atoms with Gasteiger partial charge in [0.1, 0.15) is 11.5 Å². The van der Waals surface area contributed by atoms with Gasteiger partial charge in [-0.05, 0) is 67.8 Å². The summed E-state index contributed by atoms with van der Waals surface area (Å²) in [4.78, 5) is 17.4. The molecule has 5 rings (SSSR count). The van der Waals surface area contributed by atoms with Crippen LogP contribution in [-0.2, 0) is 0 Å². The Bertz CT molecular complexity index is 1590. The molecule has 6 nitrogen and oxygen atoms in total. The van der Waals surface area contributed by atoms with Crippen LogP contribution in [0.1, 0.15) is 21.5 Å². The minimum atomic E-state index is -0.137. The monoisotopic (exact) mass is 478 g/mol. The summed E-state index contributed by atoms with van der Waals surface area (Å²) in [6.07, 6.45) is 1.70. The fourth-order valence-corrected chi connectivity index (χ4v) is 4.40. The SMILES string of the molecule is COc1cc2nccc(Oc3ccc4c(NC(=O)c5cc(C)cc(C)c5)cccc4c3)c2cc1OC. The maximum absolute atomic E-state index is 12.9. The van der Waals surface area contributed by atoms with Gasteiger partial charge in [-0.3, -0.25) is 9.78 Å². The third kappa shape index (κ3) is 4.53. The van der Waals surface area contributed by atoms with Crippen LogP contribution < -0.4 is 19.5 Å². The number of carbonyl (C=O) groups is 1. The predicted octanol–water partition coefficient (Wildman–Crippen LogP) is 7.07. The number of ether oxygens (including phenoxy) is 3. The number of methoxy groups -OCH3 is 2. The van der Waals surface area contributed by atoms with Crippen molar-refractivity contribution in [2.24, 2.45) is 0 Å². The molecule has 5 aromatic rings. The Morgan fingerprint density at radius 2 is 1.53 bits per heavy atom. The van der Waals surface area contributed by atoms with Crippen LogP contribution in [0, 0.1) is 13.8 Å². The molecule has 1 aromatic heterocycles. The van der Waals surface area contributed by atoms with E-state index in [2.05, 4.69) is 16.4 Å². The van der Waals surface area contributed by atoms with Gasteiger partial charge in [-0.25, -0.2) is 0 Å². The Morgan fingerprint density at radius 1 is 0.778 bits per heavy atom. The van der Waals surface area contributed by atoms with Crippen molar-refractivity contribution in [2.45, 2.75) is 13.8 Å². The third-order valence-corrected chi connectivity index (χ3v) is 6.02. The molecule has 1 amide bonds. The molecule has 1 heterocycles. The van der Waals surface area contributed by atoms with E-state index < -0.39 is 0 Å². The molecule has 1 N–H and O–H groups in total. The van der Waals surface area contributed by atoms with E-state index in [1.54, 1.807) is 20.4 Å². The number of fused-ring (bicyclic) bond motifs is 2. The lowest BCUT2D eigenvalue weighted by Gasteiger charge is -2.13. The molecule has 0 atom stereocenters. The van der Waals surface area contributed by atoms with E-state index in [1.165, 1.54) is 0 Å². The van der Waals surface area contributed by atoms with Crippen LogP contribution in [0.15, 0.2) is 79.0 Å². The predicted molar refractivity (Wildman–Crippen MR) is 143 cm³/mol. The topological polar surface area (TPSA) is 69.7 Å². The Balaban J connectivity index is 1.46. The smallest absolute Gasteiger partial charge is 0.255 e. The number of amides is 1. The fraction of sp³-hybridized carbons (Fsp3) is 0.133. The number of hydrogen-bond donors (Lipinski definition) is 1. The number of anilines is 1. The molecule has 4 aromatic carbocycles. The van der Waals surface area contributed by atoms with E-state index in [4.69, 9.17) is 14.2 Å². The first-order chi connectivity index (χ1) is 17.4. The van der Waals surface area contributed by atoms with E-state index in [0.717, 1.165) is 38.5 Å². The summed E-state index contributed by atoms with van der Waals surface area (Å²) in [5.41, 5.74) is 4.23. The maximum atomic E-state index is 12.9. The van der Waals surface area contributed by atoms with Gasteiger partial charge < -0.3 is 19.5 Å². The van der Waals surface area contributed by atoms with Gasteiger partial charge in [-0.2, -0.15) is 0 Å². The molecule has 0 radical (unpaired) electrons. The van der Waals surface area contributed by atoms with Gasteiger partial charge in [-0.15, -0.1) is 0 Å². The first-order valence-corrected chi connectivity index (χ1v) is 11.6. The second-order valence-corrected chi connectivity index (χ2v) is 8.65. The first-order valence-electron chi connectivity index (χ1n) is 11.6. The van der Waals surface area contributed by atoms with Crippen molar-refractivity contribution in [3.8, 4) is 23.0 Å². The number of nitrogens with zero attached hydrogens (tertiary/aromatic N) is 1. The highest BCUT2D eigenvalue weighted by Crippen LogP contribution is 2.37. The molecule has 0 saturated carbocycles. The van der Waals surface area contributed by atoms with E-state index in [9.17, 15) is 4.79 Å². The summed E-state index contributed by atoms with van der Waals surface area (Å²) in [6, 6.07) is 22.9. The summed E-state index contributed by atoms with van der Waals surface area (Å²) >= 11 is 0. The molecular formula is C30H26N2O4. The highest BCUT2D eigenvalue weighted by atomic mass is 16.5. The number of nitrogens with one attached hydrogen (secondary N) is 1. The molecule has 0 unspecified atom stereocenters. The van der Waals surface area contributed by atoms with Gasteiger partial charge in [0.2, 0.25) is 0 Å². The lowest BCUT2D eigenvalue weighted by atomic mass is 10.1. The largest absolute Gasteiger partial charge is 0.493 e. The van der Waals surface area contributed by atoms with E-state index in [-0.39, 0.29) is 5.91 Å². The number of benzene rings is 4. The van der Waals surface area contributed by atoms with Crippen molar-refractivity contribution < 1.29 is 19.0 Å². The maximum Gasteiger partial charge on any atom is 0.255 e. The molecule has 0 saturated heterocycles. The molecule has 0 aliphatic carbocycles. The normalized spacial score (nSPS) is 10.9. The zero-order valence-corrected chi connectivity index (χ0v) is 20.6. The summed E-state index contributed by atoms with van der Waals surface area (Å²) in [6.45, 7) is 3.98. The zero-order chi connectivity index (χ0) is 25.2. The Morgan fingerprint density at radius 3 is 2.28 bits per heavy atom. The summed E-state index contributed by atoms with van der Waals surface area (Å²) in [5, 5.41) is 5.74. The van der Waals surface area contributed by atoms with Crippen molar-refractivity contribution in [1.29, 1.82) is 0 Å². The fourth-order valence-electron chi connectivity index (χ4n) is 4.40. The summed E-state index contributed by atoms with van der Waals surface area (Å²) < 4.78 is 17.1. The number of aryl methyl sites for hydroxylation is 2. The van der Waals surface area contributed by atoms with Crippen LogP contribution in [0.5, 0.6) is 23.0 Å². The van der Waals surface area contributed by atoms with E-state index in [1.807, 2.05) is 80.6 Å². The van der Waals surface area contributed by atoms with Crippen LogP contribution >= 0.6 is 0 Å². The van der Waals surface area contributed by atoms with Crippen LogP contribution in [0.3, 0.4) is 0 Å². The molecule has 0 aliphatic heterocycles. The molecule has 36 heavy (non-hydrogen) atoms. The second-order valence-electron chi connectivity index (χ2n) is 8.65. The first kappa shape index (κ1) is 23.2. The van der Waals surface area contributed by atoms with Crippen molar-refractivity contribution in [3.63, 3.8) is 0 Å². The van der Waals surface area contributed by atoms with Gasteiger partial charge in [-0.1, -0.05) is 29.3 Å². The second kappa shape index (κ2) is 9.58. The molecule has 6 heteroatoms. The summed E-state index contributed by atoms with van der Waals surface area (Å²) in [7, 11) is 3.19. The lowest BCUT2D eigenvalue weighted by molar-refractivity contribution is 0.102. The average Bonchev–Trinajstić information content (AvgIpc) is 2.87. The average molecular weight is 479 g/mol. The van der Waals surface area contributed by atoms with Gasteiger partial charge in [0.15, 0.2) is 11.5 Å². The quantitative estimate of drug-likeness (QED) is 0.283. The van der Waals surface area contributed by atoms with Gasteiger partial charge in [0.25, 0.3) is 5.91 Å². The van der Waals surface area contributed by atoms with Gasteiger partial charge in [0, 0.05) is 34.3 Å². The Hall–Kier alpha value is -4.58. The molecule has 0 aliphatic rings. The number of aromatic nitrogens is 1. The standard InChI is InChI=1S/C30H26N2O4/c1-18-12-19(2)14-21(13-18)30(33)32-25-7-5-6-20-15-22(8-9-23(20)25)36-27-10-11-31-26-17-29(35-4)28(34-3)16-24(26)27/h5-17H,1-4H3,(H,32,33). The third-order valence-electron chi connectivity index (χ3n) is 6.02. The number of pyridine rings is 1. The van der Waals surface area contributed by atoms with Crippen molar-refractivity contribution in [2.75, 3.05) is 19.5 Å². The minimum absolute atomic E-state index is 0.137. The Labute approximate surface area is 209 Å². The van der Waals surface area contributed by atoms with Gasteiger partial charge >= 0.3 is 0 Å². The highest BCUT2D eigenvalue weighted by Gasteiger charge is 2.13. The minimum Gasteiger partial charge on any atom is -0.493 e. The summed E-state index contributed by atoms with van der Waals surface area (Å²) in [5.74, 6) is 2.39. The van der Waals surface area contributed by atoms with Crippen molar-refractivity contribution in [3.05, 3.63) is 95.7 Å². The van der Waals surface area contributed by atoms with Crippen molar-refractivity contribution in [1.82, 2.24) is 4.98 Å². The Kier molecular flexibility index (Phi) is 6.17. The zero-order valence-electron chi connectivity index (χ0n) is 20.6. The van der Waals surface area contributed by atoms with Crippen LogP contribution in [0.25, 0.3) is 21.7 Å². The van der Waals surface area contributed by atoms with Crippen LogP contribution in [0.2, 0.25) is 0 Å². The highest BCUT2D eigenvalue weighted by molar-refractivity contribution is 6.09. The lowest BCUT2D eigenvalue weighted by Crippen LogP contribution is -2.12. The number of rotatable bonds is 6. The van der Waals surface area contributed by atoms with Crippen LogP contribution in [0.4, 0.5) is 5.69 Å². The van der Waals surface area contributed by atoms with Gasteiger partial charge in [0.05, 0.1) is 19.7 Å². The molecule has 0 spiro atoms. The molecule has 0 bridgehead atoms. The molecule has 180 valence electrons. The van der Waals surface area contributed by atoms with Crippen LogP contribution in [-0.4, -0.2) is 25.1 Å². The van der Waals surface area contributed by atoms with E-state index >= 15 is 0 Å². The van der Waals surface area contributed by atoms with E-state index in [0.29, 0.717) is 28.6 Å². The molecule has 0 fully saturated rings.